The van der Waals surface area contributed by atoms with Crippen molar-refractivity contribution in [3.63, 3.8) is 0 Å². The largest absolute Gasteiger partial charge is 0.486 e. The van der Waals surface area contributed by atoms with Crippen molar-refractivity contribution in [1.29, 1.82) is 0 Å². The Kier molecular flexibility index (Phi) is 5.39. The van der Waals surface area contributed by atoms with Gasteiger partial charge in [-0.25, -0.2) is 4.98 Å². The monoisotopic (exact) mass is 370 g/mol. The fraction of sp³-hybridized carbons (Fsp3) is 0.400. The van der Waals surface area contributed by atoms with E-state index in [1.54, 1.807) is 36.5 Å². The Bertz CT molecular complexity index is 805. The van der Waals surface area contributed by atoms with Crippen LogP contribution in [0.1, 0.15) is 23.2 Å². The Hall–Kier alpha value is -2.80. The normalized spacial score (nSPS) is 16.6. The van der Waals surface area contributed by atoms with Crippen molar-refractivity contribution in [2.45, 2.75) is 12.8 Å². The van der Waals surface area contributed by atoms with Crippen molar-refractivity contribution in [1.82, 2.24) is 4.98 Å². The van der Waals surface area contributed by atoms with Gasteiger partial charge in [-0.1, -0.05) is 0 Å². The van der Waals surface area contributed by atoms with Crippen molar-refractivity contribution in [3.05, 3.63) is 42.1 Å². The molecule has 4 rings (SSSR count). The van der Waals surface area contributed by atoms with Crippen molar-refractivity contribution >= 4 is 11.6 Å². The highest BCUT2D eigenvalue weighted by atomic mass is 16.6. The number of hydrogen-bond acceptors (Lipinski definition) is 6. The Morgan fingerprint density at radius 2 is 1.89 bits per heavy atom. The summed E-state index contributed by atoms with van der Waals surface area (Å²) in [6.07, 6.45) is 3.56. The van der Waals surface area contributed by atoms with Crippen molar-refractivity contribution in [2.24, 2.45) is 5.92 Å². The molecule has 2 aliphatic rings. The third-order valence-corrected chi connectivity index (χ3v) is 4.60. The van der Waals surface area contributed by atoms with Gasteiger partial charge < -0.3 is 24.3 Å². The summed E-state index contributed by atoms with van der Waals surface area (Å²) < 4.78 is 22.2. The predicted molar refractivity (Wildman–Crippen MR) is 98.7 cm³/mol. The van der Waals surface area contributed by atoms with Gasteiger partial charge in [-0.2, -0.15) is 0 Å². The van der Waals surface area contributed by atoms with Crippen molar-refractivity contribution in [3.8, 4) is 17.4 Å². The Morgan fingerprint density at radius 1 is 1.07 bits per heavy atom. The SMILES string of the molecule is O=C(Nc1ccc2c(c1)OCCO2)c1ccnc(OCC2CCOCC2)c1. The van der Waals surface area contributed by atoms with E-state index in [-0.39, 0.29) is 5.91 Å². The van der Waals surface area contributed by atoms with Crippen LogP contribution in [0.2, 0.25) is 0 Å². The van der Waals surface area contributed by atoms with Crippen LogP contribution in [0.15, 0.2) is 36.5 Å². The van der Waals surface area contributed by atoms with Gasteiger partial charge in [0.05, 0.1) is 6.61 Å². The van der Waals surface area contributed by atoms with Gasteiger partial charge in [0.1, 0.15) is 13.2 Å². The molecular formula is C20H22N2O5. The predicted octanol–water partition coefficient (Wildman–Crippen LogP) is 2.91. The second-order valence-corrected chi connectivity index (χ2v) is 6.56. The van der Waals surface area contributed by atoms with E-state index in [0.717, 1.165) is 26.1 Å². The molecule has 1 fully saturated rings. The van der Waals surface area contributed by atoms with E-state index >= 15 is 0 Å². The second-order valence-electron chi connectivity index (χ2n) is 6.56. The van der Waals surface area contributed by atoms with Gasteiger partial charge >= 0.3 is 0 Å². The number of amides is 1. The molecule has 0 spiro atoms. The standard InChI is InChI=1S/C20H22N2O5/c23-20(22-16-1-2-17-18(12-16)26-10-9-25-17)15-3-6-21-19(11-15)27-13-14-4-7-24-8-5-14/h1-3,6,11-12,14H,4-5,7-10,13H2,(H,22,23). The van der Waals surface area contributed by atoms with Gasteiger partial charge in [0.25, 0.3) is 5.91 Å². The minimum absolute atomic E-state index is 0.231. The summed E-state index contributed by atoms with van der Waals surface area (Å²) in [5, 5.41) is 2.87. The van der Waals surface area contributed by atoms with E-state index in [2.05, 4.69) is 10.3 Å². The summed E-state index contributed by atoms with van der Waals surface area (Å²) in [5.74, 6) is 2.01. The van der Waals surface area contributed by atoms with Crippen molar-refractivity contribution < 1.29 is 23.7 Å². The molecule has 1 saturated heterocycles. The zero-order valence-electron chi connectivity index (χ0n) is 15.0. The summed E-state index contributed by atoms with van der Waals surface area (Å²) in [6.45, 7) is 3.18. The number of carbonyl (C=O) groups is 1. The number of carbonyl (C=O) groups excluding carboxylic acids is 1. The zero-order chi connectivity index (χ0) is 18.5. The van der Waals surface area contributed by atoms with Gasteiger partial charge in [0, 0.05) is 42.8 Å². The number of rotatable bonds is 5. The molecule has 0 saturated carbocycles. The molecule has 27 heavy (non-hydrogen) atoms. The van der Waals surface area contributed by atoms with Crippen LogP contribution in [0.4, 0.5) is 5.69 Å². The van der Waals surface area contributed by atoms with Crippen LogP contribution < -0.4 is 19.5 Å². The Labute approximate surface area is 157 Å². The number of benzene rings is 1. The maximum Gasteiger partial charge on any atom is 0.255 e. The number of ether oxygens (including phenoxy) is 4. The van der Waals surface area contributed by atoms with Gasteiger partial charge in [-0.15, -0.1) is 0 Å². The Morgan fingerprint density at radius 3 is 2.74 bits per heavy atom. The minimum atomic E-state index is -0.231. The molecule has 1 aromatic carbocycles. The number of nitrogens with one attached hydrogen (secondary N) is 1. The van der Waals surface area contributed by atoms with Crippen LogP contribution in [-0.4, -0.2) is 43.9 Å². The average molecular weight is 370 g/mol. The molecule has 0 atom stereocenters. The third-order valence-electron chi connectivity index (χ3n) is 4.60. The third kappa shape index (κ3) is 4.49. The summed E-state index contributed by atoms with van der Waals surface area (Å²) in [5.41, 5.74) is 1.13. The van der Waals surface area contributed by atoms with Crippen LogP contribution in [0.25, 0.3) is 0 Å². The van der Waals surface area contributed by atoms with E-state index in [9.17, 15) is 4.79 Å². The lowest BCUT2D eigenvalue weighted by molar-refractivity contribution is 0.0490. The number of nitrogens with zero attached hydrogens (tertiary/aromatic N) is 1. The number of fused-ring (bicyclic) bond motifs is 1. The van der Waals surface area contributed by atoms with Gasteiger partial charge in [-0.05, 0) is 37.0 Å². The molecule has 7 heteroatoms. The lowest BCUT2D eigenvalue weighted by Crippen LogP contribution is -2.21. The molecule has 0 bridgehead atoms. The summed E-state index contributed by atoms with van der Waals surface area (Å²) in [7, 11) is 0. The molecule has 3 heterocycles. The number of aromatic nitrogens is 1. The molecular weight excluding hydrogens is 348 g/mol. The summed E-state index contributed by atoms with van der Waals surface area (Å²) >= 11 is 0. The number of anilines is 1. The smallest absolute Gasteiger partial charge is 0.255 e. The molecule has 142 valence electrons. The van der Waals surface area contributed by atoms with Crippen LogP contribution >= 0.6 is 0 Å². The quantitative estimate of drug-likeness (QED) is 0.872. The first-order valence-corrected chi connectivity index (χ1v) is 9.15. The van der Waals surface area contributed by atoms with E-state index in [0.29, 0.717) is 54.4 Å². The van der Waals surface area contributed by atoms with Crippen LogP contribution in [0, 0.1) is 5.92 Å². The van der Waals surface area contributed by atoms with E-state index < -0.39 is 0 Å². The lowest BCUT2D eigenvalue weighted by Gasteiger charge is -2.21. The van der Waals surface area contributed by atoms with E-state index in [4.69, 9.17) is 18.9 Å². The fourth-order valence-corrected chi connectivity index (χ4v) is 3.07. The van der Waals surface area contributed by atoms with Gasteiger partial charge in [-0.3, -0.25) is 4.79 Å². The molecule has 2 aliphatic heterocycles. The lowest BCUT2D eigenvalue weighted by atomic mass is 10.0. The average Bonchev–Trinajstić information content (AvgIpc) is 2.73. The summed E-state index contributed by atoms with van der Waals surface area (Å²) in [6, 6.07) is 8.66. The molecule has 0 radical (unpaired) electrons. The highest BCUT2D eigenvalue weighted by molar-refractivity contribution is 6.04. The fourth-order valence-electron chi connectivity index (χ4n) is 3.07. The Balaban J connectivity index is 1.38. The second kappa shape index (κ2) is 8.26. The summed E-state index contributed by atoms with van der Waals surface area (Å²) in [4.78, 5) is 16.8. The minimum Gasteiger partial charge on any atom is -0.486 e. The van der Waals surface area contributed by atoms with Crippen molar-refractivity contribution in [2.75, 3.05) is 38.4 Å². The van der Waals surface area contributed by atoms with Crippen LogP contribution in [0.5, 0.6) is 17.4 Å². The van der Waals surface area contributed by atoms with Gasteiger partial charge in [0.2, 0.25) is 5.88 Å². The first-order chi connectivity index (χ1) is 13.3. The number of hydrogen-bond donors (Lipinski definition) is 1. The number of pyridine rings is 1. The first kappa shape index (κ1) is 17.6. The van der Waals surface area contributed by atoms with E-state index in [1.807, 2.05) is 0 Å². The zero-order valence-corrected chi connectivity index (χ0v) is 15.0. The molecule has 1 aromatic heterocycles. The van der Waals surface area contributed by atoms with E-state index in [1.165, 1.54) is 0 Å². The molecule has 0 unspecified atom stereocenters. The maximum absolute atomic E-state index is 12.6. The van der Waals surface area contributed by atoms with Gasteiger partial charge in [0.15, 0.2) is 11.5 Å². The highest BCUT2D eigenvalue weighted by Crippen LogP contribution is 2.32. The molecule has 7 nitrogen and oxygen atoms in total. The molecule has 0 aliphatic carbocycles. The molecule has 1 amide bonds. The molecule has 2 aromatic rings. The molecule has 1 N–H and O–H groups in total. The van der Waals surface area contributed by atoms with Crippen LogP contribution in [-0.2, 0) is 4.74 Å². The first-order valence-electron chi connectivity index (χ1n) is 9.15. The van der Waals surface area contributed by atoms with Crippen LogP contribution in [0.3, 0.4) is 0 Å². The highest BCUT2D eigenvalue weighted by Gasteiger charge is 2.16. The topological polar surface area (TPSA) is 78.9 Å². The maximum atomic E-state index is 12.6.